The van der Waals surface area contributed by atoms with Gasteiger partial charge in [-0.15, -0.1) is 0 Å². The van der Waals surface area contributed by atoms with Crippen LogP contribution in [0.15, 0.2) is 24.3 Å². The first-order valence-electron chi connectivity index (χ1n) is 7.22. The highest BCUT2D eigenvalue weighted by atomic mass is 35.5. The molecule has 0 spiro atoms. The first-order valence-corrected chi connectivity index (χ1v) is 7.59. The summed E-state index contributed by atoms with van der Waals surface area (Å²) < 4.78 is 14.2. The standard InChI is InChI=1S/C16H19ClFN3/c1-3-6-11-10-14(19-9-4-2)21-16(20-11)12-7-5-8-13(17)15(12)18/h5,7-8,10H,3-4,6,9H2,1-2H3,(H,19,20,21). The van der Waals surface area contributed by atoms with E-state index in [9.17, 15) is 4.39 Å². The summed E-state index contributed by atoms with van der Waals surface area (Å²) in [6.45, 7) is 4.99. The SMILES string of the molecule is CCCNc1cc(CCC)nc(-c2cccc(Cl)c2F)n1. The van der Waals surface area contributed by atoms with E-state index in [1.165, 1.54) is 6.07 Å². The number of anilines is 1. The fourth-order valence-electron chi connectivity index (χ4n) is 2.02. The average molecular weight is 308 g/mol. The van der Waals surface area contributed by atoms with E-state index >= 15 is 0 Å². The van der Waals surface area contributed by atoms with Crippen LogP contribution in [0.2, 0.25) is 5.02 Å². The number of aryl methyl sites for hydroxylation is 1. The largest absolute Gasteiger partial charge is 0.370 e. The Morgan fingerprint density at radius 2 is 2.00 bits per heavy atom. The van der Waals surface area contributed by atoms with Gasteiger partial charge in [0, 0.05) is 18.3 Å². The maximum atomic E-state index is 14.2. The minimum absolute atomic E-state index is 0.0834. The van der Waals surface area contributed by atoms with E-state index in [1.54, 1.807) is 12.1 Å². The van der Waals surface area contributed by atoms with Crippen LogP contribution in [0, 0.1) is 5.82 Å². The van der Waals surface area contributed by atoms with Crippen LogP contribution in [0.25, 0.3) is 11.4 Å². The zero-order valence-electron chi connectivity index (χ0n) is 12.3. The van der Waals surface area contributed by atoms with Gasteiger partial charge in [0.25, 0.3) is 0 Å². The molecule has 0 saturated heterocycles. The van der Waals surface area contributed by atoms with Crippen molar-refractivity contribution in [2.24, 2.45) is 0 Å². The average Bonchev–Trinajstić information content (AvgIpc) is 2.48. The van der Waals surface area contributed by atoms with Crippen molar-refractivity contribution in [2.45, 2.75) is 33.1 Å². The van der Waals surface area contributed by atoms with Crippen molar-refractivity contribution in [2.75, 3.05) is 11.9 Å². The number of hydrogen-bond acceptors (Lipinski definition) is 3. The molecule has 0 aliphatic rings. The molecule has 0 bridgehead atoms. The third kappa shape index (κ3) is 3.91. The maximum Gasteiger partial charge on any atom is 0.164 e. The molecule has 5 heteroatoms. The third-order valence-corrected chi connectivity index (χ3v) is 3.33. The summed E-state index contributed by atoms with van der Waals surface area (Å²) in [6.07, 6.45) is 2.80. The lowest BCUT2D eigenvalue weighted by Crippen LogP contribution is -2.06. The van der Waals surface area contributed by atoms with Crippen molar-refractivity contribution in [1.29, 1.82) is 0 Å². The van der Waals surface area contributed by atoms with E-state index in [0.29, 0.717) is 11.4 Å². The van der Waals surface area contributed by atoms with E-state index in [4.69, 9.17) is 11.6 Å². The Labute approximate surface area is 129 Å². The van der Waals surface area contributed by atoms with Gasteiger partial charge < -0.3 is 5.32 Å². The van der Waals surface area contributed by atoms with Gasteiger partial charge in [0.05, 0.1) is 10.6 Å². The first-order chi connectivity index (χ1) is 10.2. The molecule has 2 rings (SSSR count). The molecule has 3 nitrogen and oxygen atoms in total. The fraction of sp³-hybridized carbons (Fsp3) is 0.375. The zero-order valence-corrected chi connectivity index (χ0v) is 13.0. The molecule has 1 aromatic carbocycles. The smallest absolute Gasteiger partial charge is 0.164 e. The van der Waals surface area contributed by atoms with Crippen LogP contribution in [-0.4, -0.2) is 16.5 Å². The van der Waals surface area contributed by atoms with Gasteiger partial charge in [0.15, 0.2) is 11.6 Å². The lowest BCUT2D eigenvalue weighted by molar-refractivity contribution is 0.630. The molecule has 0 aliphatic carbocycles. The van der Waals surface area contributed by atoms with Gasteiger partial charge in [0.1, 0.15) is 5.82 Å². The fourth-order valence-corrected chi connectivity index (χ4v) is 2.20. The number of halogens is 2. The molecule has 0 unspecified atom stereocenters. The summed E-state index contributed by atoms with van der Waals surface area (Å²) in [5, 5.41) is 3.31. The van der Waals surface area contributed by atoms with E-state index in [1.807, 2.05) is 6.07 Å². The third-order valence-electron chi connectivity index (χ3n) is 3.03. The number of benzene rings is 1. The Bertz CT molecular complexity index is 616. The van der Waals surface area contributed by atoms with Crippen molar-refractivity contribution in [3.8, 4) is 11.4 Å². The van der Waals surface area contributed by atoms with E-state index in [0.717, 1.165) is 37.3 Å². The number of rotatable bonds is 6. The number of aromatic nitrogens is 2. The summed E-state index contributed by atoms with van der Waals surface area (Å²) in [5.74, 6) is 0.624. The van der Waals surface area contributed by atoms with E-state index in [2.05, 4.69) is 29.1 Å². The van der Waals surface area contributed by atoms with Crippen LogP contribution in [0.5, 0.6) is 0 Å². The van der Waals surface area contributed by atoms with Gasteiger partial charge >= 0.3 is 0 Å². The molecule has 21 heavy (non-hydrogen) atoms. The molecule has 0 atom stereocenters. The highest BCUT2D eigenvalue weighted by Gasteiger charge is 2.13. The molecule has 0 amide bonds. The van der Waals surface area contributed by atoms with Gasteiger partial charge in [-0.05, 0) is 25.0 Å². The van der Waals surface area contributed by atoms with Gasteiger partial charge in [-0.3, -0.25) is 0 Å². The summed E-state index contributed by atoms with van der Waals surface area (Å²) in [4.78, 5) is 8.86. The predicted molar refractivity (Wildman–Crippen MR) is 85.2 cm³/mol. The zero-order chi connectivity index (χ0) is 15.2. The molecule has 112 valence electrons. The second kappa shape index (κ2) is 7.36. The van der Waals surface area contributed by atoms with Crippen molar-refractivity contribution < 1.29 is 4.39 Å². The minimum atomic E-state index is -0.478. The highest BCUT2D eigenvalue weighted by Crippen LogP contribution is 2.26. The van der Waals surface area contributed by atoms with Crippen LogP contribution in [0.3, 0.4) is 0 Å². The second-order valence-corrected chi connectivity index (χ2v) is 5.25. The van der Waals surface area contributed by atoms with E-state index in [-0.39, 0.29) is 5.02 Å². The molecular weight excluding hydrogens is 289 g/mol. The Morgan fingerprint density at radius 1 is 1.19 bits per heavy atom. The van der Waals surface area contributed by atoms with Crippen molar-refractivity contribution in [3.05, 3.63) is 40.8 Å². The molecule has 1 heterocycles. The van der Waals surface area contributed by atoms with Crippen molar-refractivity contribution in [1.82, 2.24) is 9.97 Å². The Hall–Kier alpha value is -1.68. The second-order valence-electron chi connectivity index (χ2n) is 4.85. The predicted octanol–water partition coefficient (Wildman–Crippen LogP) is 4.71. The molecule has 2 aromatic rings. The molecule has 0 radical (unpaired) electrons. The Balaban J connectivity index is 2.45. The summed E-state index contributed by atoms with van der Waals surface area (Å²) in [5.41, 5.74) is 1.24. The van der Waals surface area contributed by atoms with Crippen LogP contribution < -0.4 is 5.32 Å². The summed E-state index contributed by atoms with van der Waals surface area (Å²) in [7, 11) is 0. The van der Waals surface area contributed by atoms with Crippen LogP contribution >= 0.6 is 11.6 Å². The highest BCUT2D eigenvalue weighted by molar-refractivity contribution is 6.31. The van der Waals surface area contributed by atoms with Gasteiger partial charge in [-0.1, -0.05) is 37.9 Å². The monoisotopic (exact) mass is 307 g/mol. The molecular formula is C16H19ClFN3. The molecule has 0 saturated carbocycles. The van der Waals surface area contributed by atoms with Crippen molar-refractivity contribution in [3.63, 3.8) is 0 Å². The quantitative estimate of drug-likeness (QED) is 0.839. The molecule has 1 N–H and O–H groups in total. The summed E-state index contributed by atoms with van der Waals surface area (Å²) >= 11 is 5.84. The number of nitrogens with one attached hydrogen (secondary N) is 1. The van der Waals surface area contributed by atoms with Crippen LogP contribution in [0.4, 0.5) is 10.2 Å². The van der Waals surface area contributed by atoms with Crippen molar-refractivity contribution >= 4 is 17.4 Å². The molecule has 1 aromatic heterocycles. The number of hydrogen-bond donors (Lipinski definition) is 1. The Kier molecular flexibility index (Phi) is 5.51. The lowest BCUT2D eigenvalue weighted by atomic mass is 10.1. The molecule has 0 aliphatic heterocycles. The normalized spacial score (nSPS) is 10.7. The molecule has 0 fully saturated rings. The van der Waals surface area contributed by atoms with Crippen LogP contribution in [-0.2, 0) is 6.42 Å². The lowest BCUT2D eigenvalue weighted by Gasteiger charge is -2.10. The summed E-state index contributed by atoms with van der Waals surface area (Å²) in [6, 6.07) is 6.79. The topological polar surface area (TPSA) is 37.8 Å². The minimum Gasteiger partial charge on any atom is -0.370 e. The van der Waals surface area contributed by atoms with Gasteiger partial charge in [0.2, 0.25) is 0 Å². The number of nitrogens with zero attached hydrogens (tertiary/aromatic N) is 2. The van der Waals surface area contributed by atoms with Crippen LogP contribution in [0.1, 0.15) is 32.4 Å². The maximum absolute atomic E-state index is 14.2. The van der Waals surface area contributed by atoms with Gasteiger partial charge in [-0.2, -0.15) is 0 Å². The first kappa shape index (κ1) is 15.7. The Morgan fingerprint density at radius 3 is 2.71 bits per heavy atom. The van der Waals surface area contributed by atoms with Gasteiger partial charge in [-0.25, -0.2) is 14.4 Å². The van der Waals surface area contributed by atoms with E-state index < -0.39 is 5.82 Å².